The van der Waals surface area contributed by atoms with Crippen LogP contribution in [0, 0.1) is 0 Å². The number of fused-ring (bicyclic) bond motifs is 3. The molecule has 6 rings (SSSR count). The second-order valence-electron chi connectivity index (χ2n) is 9.61. The normalized spacial score (nSPS) is 23.7. The van der Waals surface area contributed by atoms with Crippen molar-refractivity contribution in [3.8, 4) is 5.75 Å². The summed E-state index contributed by atoms with van der Waals surface area (Å²) >= 11 is 0. The van der Waals surface area contributed by atoms with Gasteiger partial charge in [-0.25, -0.2) is 17.6 Å². The van der Waals surface area contributed by atoms with E-state index < -0.39 is 9.84 Å². The molecule has 4 heterocycles. The van der Waals surface area contributed by atoms with Crippen molar-refractivity contribution in [3.63, 3.8) is 0 Å². The van der Waals surface area contributed by atoms with Crippen molar-refractivity contribution in [3.05, 3.63) is 53.9 Å². The molecule has 0 amide bonds. The summed E-state index contributed by atoms with van der Waals surface area (Å²) in [5, 5.41) is 20.8. The molecule has 178 valence electrons. The van der Waals surface area contributed by atoms with E-state index in [0.29, 0.717) is 4.90 Å². The second-order valence-corrected chi connectivity index (χ2v) is 11.6. The maximum absolute atomic E-state index is 12.4. The summed E-state index contributed by atoms with van der Waals surface area (Å²) in [7, 11) is -3.30. The average Bonchev–Trinajstić information content (AvgIpc) is 3.54. The highest BCUT2D eigenvalue weighted by molar-refractivity contribution is 7.90. The largest absolute Gasteiger partial charge is 0.506 e. The number of aromatic hydroxyl groups is 1. The van der Waals surface area contributed by atoms with E-state index in [1.165, 1.54) is 6.26 Å². The Bertz CT molecular complexity index is 1480. The van der Waals surface area contributed by atoms with Crippen molar-refractivity contribution >= 4 is 26.4 Å². The topological polar surface area (TPSA) is 98.7 Å². The summed E-state index contributed by atoms with van der Waals surface area (Å²) in [4.78, 5) is 0.419. The van der Waals surface area contributed by atoms with E-state index in [9.17, 15) is 13.5 Å². The third-order valence-corrected chi connectivity index (χ3v) is 8.52. The van der Waals surface area contributed by atoms with E-state index in [1.807, 2.05) is 29.1 Å². The van der Waals surface area contributed by atoms with Gasteiger partial charge in [0, 0.05) is 12.9 Å². The first-order chi connectivity index (χ1) is 16.4. The van der Waals surface area contributed by atoms with Gasteiger partial charge in [-0.15, -0.1) is 5.10 Å². The van der Waals surface area contributed by atoms with Crippen molar-refractivity contribution in [2.75, 3.05) is 12.9 Å². The first-order valence-electron chi connectivity index (χ1n) is 11.9. The molecule has 4 aromatic rings. The van der Waals surface area contributed by atoms with Gasteiger partial charge in [-0.3, -0.25) is 0 Å². The van der Waals surface area contributed by atoms with Crippen LogP contribution in [0.2, 0.25) is 0 Å². The van der Waals surface area contributed by atoms with E-state index in [4.69, 9.17) is 9.84 Å². The highest BCUT2D eigenvalue weighted by Gasteiger charge is 2.32. The highest BCUT2D eigenvalue weighted by Crippen LogP contribution is 2.47. The third-order valence-electron chi connectivity index (χ3n) is 7.35. The Morgan fingerprint density at radius 2 is 1.88 bits per heavy atom. The van der Waals surface area contributed by atoms with Crippen molar-refractivity contribution in [1.82, 2.24) is 19.4 Å². The fourth-order valence-corrected chi connectivity index (χ4v) is 6.80. The molecule has 1 aromatic carbocycles. The number of benzene rings is 1. The summed E-state index contributed by atoms with van der Waals surface area (Å²) in [6, 6.07) is 9.16. The van der Waals surface area contributed by atoms with Crippen LogP contribution in [0.25, 0.3) is 16.6 Å². The van der Waals surface area contributed by atoms with Crippen LogP contribution < -0.4 is 0 Å². The number of hydrogen-bond donors (Lipinski definition) is 1. The smallest absolute Gasteiger partial charge is 0.183 e. The van der Waals surface area contributed by atoms with Crippen molar-refractivity contribution in [2.45, 2.75) is 61.5 Å². The molecule has 3 aromatic heterocycles. The molecule has 1 saturated heterocycles. The van der Waals surface area contributed by atoms with Crippen LogP contribution in [0.1, 0.15) is 67.7 Å². The lowest BCUT2D eigenvalue weighted by molar-refractivity contribution is -0.0370. The minimum absolute atomic E-state index is 0.114. The zero-order valence-electron chi connectivity index (χ0n) is 19.1. The number of rotatable bonds is 4. The molecular formula is C25H28N4O4S. The maximum Gasteiger partial charge on any atom is 0.183 e. The standard InChI is InChI=1S/C25H28N4O4S/c1-34(31,32)22-7-3-2-6-19(22)16-9-10-17(12-16)20-13-18(30)15-28-24(20)21-14-26-29(25(21)27-28)23-8-4-5-11-33-23/h2-3,6-7,13-17,23,30H,4-5,8-12H2,1H3. The molecular weight excluding hydrogens is 452 g/mol. The molecule has 0 spiro atoms. The predicted octanol–water partition coefficient (Wildman–Crippen LogP) is 4.54. The summed E-state index contributed by atoms with van der Waals surface area (Å²) in [5.41, 5.74) is 3.64. The van der Waals surface area contributed by atoms with Crippen LogP contribution in [0.3, 0.4) is 0 Å². The van der Waals surface area contributed by atoms with Crippen LogP contribution >= 0.6 is 0 Å². The molecule has 1 aliphatic heterocycles. The molecule has 3 unspecified atom stereocenters. The van der Waals surface area contributed by atoms with Gasteiger partial charge < -0.3 is 9.84 Å². The zero-order valence-corrected chi connectivity index (χ0v) is 19.9. The average molecular weight is 481 g/mol. The van der Waals surface area contributed by atoms with Crippen LogP contribution in [0.15, 0.2) is 47.6 Å². The number of hydrogen-bond acceptors (Lipinski definition) is 6. The summed E-state index contributed by atoms with van der Waals surface area (Å²) in [6.45, 7) is 0.726. The molecule has 9 heteroatoms. The van der Waals surface area contributed by atoms with Crippen LogP contribution in [-0.4, -0.2) is 45.8 Å². The number of aromatic nitrogens is 4. The molecule has 1 aliphatic carbocycles. The van der Waals surface area contributed by atoms with Gasteiger partial charge in [-0.05, 0) is 73.6 Å². The number of pyridine rings is 1. The van der Waals surface area contributed by atoms with Gasteiger partial charge >= 0.3 is 0 Å². The quantitative estimate of drug-likeness (QED) is 0.460. The molecule has 0 radical (unpaired) electrons. The first kappa shape index (κ1) is 21.6. The minimum Gasteiger partial charge on any atom is -0.506 e. The van der Waals surface area contributed by atoms with Gasteiger partial charge in [0.1, 0.15) is 5.75 Å². The molecule has 1 saturated carbocycles. The second kappa shape index (κ2) is 8.09. The van der Waals surface area contributed by atoms with Crippen molar-refractivity contribution in [2.24, 2.45) is 0 Å². The molecule has 1 N–H and O–H groups in total. The minimum atomic E-state index is -3.30. The molecule has 8 nitrogen and oxygen atoms in total. The van der Waals surface area contributed by atoms with E-state index in [2.05, 4.69) is 5.10 Å². The molecule has 34 heavy (non-hydrogen) atoms. The van der Waals surface area contributed by atoms with Gasteiger partial charge in [-0.1, -0.05) is 18.2 Å². The number of sulfone groups is 1. The van der Waals surface area contributed by atoms with Crippen LogP contribution in [0.4, 0.5) is 0 Å². The lowest BCUT2D eigenvalue weighted by Gasteiger charge is -2.22. The van der Waals surface area contributed by atoms with E-state index in [1.54, 1.807) is 22.8 Å². The lowest BCUT2D eigenvalue weighted by atomic mass is 9.92. The van der Waals surface area contributed by atoms with Crippen molar-refractivity contribution in [1.29, 1.82) is 0 Å². The Morgan fingerprint density at radius 3 is 2.65 bits per heavy atom. The summed E-state index contributed by atoms with van der Waals surface area (Å²) < 4.78 is 34.3. The number of nitrogens with zero attached hydrogens (tertiary/aromatic N) is 4. The zero-order chi connectivity index (χ0) is 23.4. The van der Waals surface area contributed by atoms with E-state index >= 15 is 0 Å². The summed E-state index contributed by atoms with van der Waals surface area (Å²) in [6.07, 6.45) is 10.3. The van der Waals surface area contributed by atoms with Gasteiger partial charge in [0.25, 0.3) is 0 Å². The summed E-state index contributed by atoms with van der Waals surface area (Å²) in [5.74, 6) is 0.498. The van der Waals surface area contributed by atoms with E-state index in [0.717, 1.165) is 72.8 Å². The number of ether oxygens (including phenoxy) is 1. The Kier molecular flexibility index (Phi) is 5.14. The lowest BCUT2D eigenvalue weighted by Crippen LogP contribution is -2.19. The Morgan fingerprint density at radius 1 is 1.09 bits per heavy atom. The maximum atomic E-state index is 12.4. The molecule has 3 atom stereocenters. The SMILES string of the molecule is CS(=O)(=O)c1ccccc1C1CCC(c2cc(O)cn3nc4c(cnn4C4CCCCO4)c23)C1. The Hall–Kier alpha value is -2.91. The monoisotopic (exact) mass is 480 g/mol. The third kappa shape index (κ3) is 3.58. The van der Waals surface area contributed by atoms with E-state index in [-0.39, 0.29) is 23.8 Å². The highest BCUT2D eigenvalue weighted by atomic mass is 32.2. The first-order valence-corrected chi connectivity index (χ1v) is 13.8. The van der Waals surface area contributed by atoms with Gasteiger partial charge in [0.05, 0.1) is 28.2 Å². The molecule has 0 bridgehead atoms. The van der Waals surface area contributed by atoms with Gasteiger partial charge in [-0.2, -0.15) is 5.10 Å². The Labute approximate surface area is 198 Å². The van der Waals surface area contributed by atoms with Gasteiger partial charge in [0.2, 0.25) is 0 Å². The molecule has 2 fully saturated rings. The predicted molar refractivity (Wildman–Crippen MR) is 128 cm³/mol. The fourth-order valence-electron chi connectivity index (χ4n) is 5.81. The molecule has 2 aliphatic rings. The van der Waals surface area contributed by atoms with Crippen molar-refractivity contribution < 1.29 is 18.3 Å². The Balaban J connectivity index is 1.40. The van der Waals surface area contributed by atoms with Crippen LogP contribution in [-0.2, 0) is 14.6 Å². The van der Waals surface area contributed by atoms with Crippen LogP contribution in [0.5, 0.6) is 5.75 Å². The fraction of sp³-hybridized carbons (Fsp3) is 0.440. The van der Waals surface area contributed by atoms with Gasteiger partial charge in [0.15, 0.2) is 21.7 Å².